The van der Waals surface area contributed by atoms with Crippen molar-refractivity contribution < 1.29 is 0 Å². The van der Waals surface area contributed by atoms with E-state index in [0.29, 0.717) is 0 Å². The minimum atomic E-state index is 0.793. The first kappa shape index (κ1) is 14.8. The van der Waals surface area contributed by atoms with Gasteiger partial charge in [-0.1, -0.05) is 72.9 Å². The van der Waals surface area contributed by atoms with E-state index in [1.807, 2.05) is 41.9 Å². The molecule has 0 unspecified atom stereocenters. The highest BCUT2D eigenvalue weighted by atomic mass is 32.1. The van der Waals surface area contributed by atoms with Crippen LogP contribution in [-0.2, 0) is 6.42 Å². The molecule has 118 valence electrons. The van der Waals surface area contributed by atoms with Gasteiger partial charge in [0.1, 0.15) is 4.64 Å². The summed E-state index contributed by atoms with van der Waals surface area (Å²) in [4.78, 5) is 4.83. The van der Waals surface area contributed by atoms with E-state index < -0.39 is 0 Å². The van der Waals surface area contributed by atoms with Gasteiger partial charge in [0.05, 0.1) is 0 Å². The fraction of sp³-hybridized carbons (Fsp3) is 0.100. The molecule has 0 atom stereocenters. The molecule has 0 aliphatic heterocycles. The summed E-state index contributed by atoms with van der Waals surface area (Å²) >= 11 is 5.74. The Balaban J connectivity index is 1.86. The van der Waals surface area contributed by atoms with Crippen molar-refractivity contribution in [1.82, 2.24) is 14.6 Å². The summed E-state index contributed by atoms with van der Waals surface area (Å²) in [5.41, 5.74) is 6.39. The number of hydrogen-bond donors (Lipinski definition) is 1. The maximum atomic E-state index is 5.74. The van der Waals surface area contributed by atoms with Crippen molar-refractivity contribution >= 4 is 17.9 Å². The van der Waals surface area contributed by atoms with Crippen LogP contribution in [0.2, 0.25) is 0 Å². The molecule has 0 saturated carbocycles. The highest BCUT2D eigenvalue weighted by Gasteiger charge is 2.13. The summed E-state index contributed by atoms with van der Waals surface area (Å²) in [6.07, 6.45) is 2.76. The molecule has 0 spiro atoms. The zero-order valence-corrected chi connectivity index (χ0v) is 14.2. The lowest BCUT2D eigenvalue weighted by molar-refractivity contribution is 0.886. The lowest BCUT2D eigenvalue weighted by atomic mass is 10.1. The van der Waals surface area contributed by atoms with Gasteiger partial charge in [-0.15, -0.1) is 0 Å². The zero-order valence-electron chi connectivity index (χ0n) is 13.4. The molecule has 0 saturated heterocycles. The fourth-order valence-corrected chi connectivity index (χ4v) is 3.35. The molecule has 4 rings (SSSR count). The lowest BCUT2D eigenvalue weighted by Crippen LogP contribution is -2.03. The number of aryl methyl sites for hydroxylation is 1. The summed E-state index contributed by atoms with van der Waals surface area (Å²) < 4.78 is 2.70. The number of H-pyrrole nitrogens is 1. The maximum Gasteiger partial charge on any atom is 0.162 e. The number of benzene rings is 2. The van der Waals surface area contributed by atoms with Crippen molar-refractivity contribution in [2.24, 2.45) is 0 Å². The van der Waals surface area contributed by atoms with Crippen LogP contribution < -0.4 is 0 Å². The molecule has 3 nitrogen and oxygen atoms in total. The van der Waals surface area contributed by atoms with Gasteiger partial charge in [0.2, 0.25) is 0 Å². The minimum Gasteiger partial charge on any atom is -0.298 e. The van der Waals surface area contributed by atoms with Crippen LogP contribution >= 0.6 is 12.2 Å². The third kappa shape index (κ3) is 2.55. The summed E-state index contributed by atoms with van der Waals surface area (Å²) in [6.45, 7) is 2.04. The molecule has 2 aromatic carbocycles. The number of nitrogens with one attached hydrogen (secondary N) is 1. The molecular formula is C20H17N3S. The van der Waals surface area contributed by atoms with Gasteiger partial charge in [-0.25, -0.2) is 9.50 Å². The molecule has 2 heterocycles. The van der Waals surface area contributed by atoms with E-state index in [2.05, 4.69) is 41.5 Å². The van der Waals surface area contributed by atoms with Gasteiger partial charge in [0.15, 0.2) is 5.65 Å². The number of nitrogens with zero attached hydrogens (tertiary/aromatic N) is 2. The fourth-order valence-electron chi connectivity index (χ4n) is 2.99. The predicted octanol–water partition coefficient (Wildman–Crippen LogP) is 4.96. The quantitative estimate of drug-likeness (QED) is 0.538. The average Bonchev–Trinajstić information content (AvgIpc) is 3.04. The molecule has 24 heavy (non-hydrogen) atoms. The van der Waals surface area contributed by atoms with Crippen LogP contribution in [0.15, 0.2) is 66.9 Å². The summed E-state index contributed by atoms with van der Waals surface area (Å²) in [6, 6.07) is 20.6. The van der Waals surface area contributed by atoms with Crippen LogP contribution in [0.5, 0.6) is 0 Å². The number of aromatic amines is 1. The second kappa shape index (κ2) is 6.06. The average molecular weight is 331 g/mol. The monoisotopic (exact) mass is 331 g/mol. The van der Waals surface area contributed by atoms with Gasteiger partial charge in [0, 0.05) is 29.4 Å². The third-order valence-corrected chi connectivity index (χ3v) is 4.70. The van der Waals surface area contributed by atoms with Gasteiger partial charge < -0.3 is 0 Å². The van der Waals surface area contributed by atoms with Crippen molar-refractivity contribution in [3.63, 3.8) is 0 Å². The highest BCUT2D eigenvalue weighted by Crippen LogP contribution is 2.25. The second-order valence-electron chi connectivity index (χ2n) is 5.86. The number of aromatic nitrogens is 3. The van der Waals surface area contributed by atoms with E-state index in [4.69, 9.17) is 17.2 Å². The Hall–Kier alpha value is -2.72. The normalized spacial score (nSPS) is 11.0. The lowest BCUT2D eigenvalue weighted by Gasteiger charge is -2.08. The van der Waals surface area contributed by atoms with E-state index in [1.54, 1.807) is 0 Å². The summed E-state index contributed by atoms with van der Waals surface area (Å²) in [5.74, 6) is 0. The van der Waals surface area contributed by atoms with E-state index in [0.717, 1.165) is 39.1 Å². The zero-order chi connectivity index (χ0) is 16.5. The first-order valence-corrected chi connectivity index (χ1v) is 8.34. The molecule has 0 bridgehead atoms. The molecule has 0 aliphatic carbocycles. The molecule has 0 radical (unpaired) electrons. The summed E-state index contributed by atoms with van der Waals surface area (Å²) in [7, 11) is 0. The Morgan fingerprint density at radius 3 is 2.38 bits per heavy atom. The Labute approximate surface area is 145 Å². The van der Waals surface area contributed by atoms with Crippen LogP contribution in [0, 0.1) is 11.6 Å². The molecule has 0 fully saturated rings. The first-order valence-electron chi connectivity index (χ1n) is 7.93. The van der Waals surface area contributed by atoms with Gasteiger partial charge in [-0.3, -0.25) is 5.10 Å². The minimum absolute atomic E-state index is 0.793. The number of fused-ring (bicyclic) bond motifs is 1. The molecular weight excluding hydrogens is 314 g/mol. The van der Waals surface area contributed by atoms with Crippen LogP contribution in [0.4, 0.5) is 0 Å². The Kier molecular flexibility index (Phi) is 3.75. The van der Waals surface area contributed by atoms with Crippen LogP contribution in [0.1, 0.15) is 16.8 Å². The van der Waals surface area contributed by atoms with Crippen molar-refractivity contribution in [2.45, 2.75) is 13.3 Å². The molecule has 2 aromatic heterocycles. The molecule has 0 amide bonds. The maximum absolute atomic E-state index is 5.74. The van der Waals surface area contributed by atoms with Gasteiger partial charge in [0.25, 0.3) is 0 Å². The largest absolute Gasteiger partial charge is 0.298 e. The van der Waals surface area contributed by atoms with E-state index in [9.17, 15) is 0 Å². The Bertz CT molecular complexity index is 1050. The van der Waals surface area contributed by atoms with E-state index >= 15 is 0 Å². The third-order valence-electron chi connectivity index (χ3n) is 4.27. The molecule has 4 heteroatoms. The van der Waals surface area contributed by atoms with E-state index in [-0.39, 0.29) is 0 Å². The van der Waals surface area contributed by atoms with Gasteiger partial charge in [-0.2, -0.15) is 0 Å². The Morgan fingerprint density at radius 1 is 1.00 bits per heavy atom. The number of rotatable bonds is 3. The van der Waals surface area contributed by atoms with E-state index in [1.165, 1.54) is 5.56 Å². The van der Waals surface area contributed by atoms with Crippen molar-refractivity contribution in [1.29, 1.82) is 0 Å². The smallest absolute Gasteiger partial charge is 0.162 e. The standard InChI is InChI=1S/C20H17N3S/c1-14-17(12-15-8-4-2-5-9-15)20(24)23-19(22-14)18(13-21-23)16-10-6-3-7-11-16/h2-11,13,21H,12H2,1H3. The predicted molar refractivity (Wildman–Crippen MR) is 99.8 cm³/mol. The van der Waals surface area contributed by atoms with Crippen LogP contribution in [0.3, 0.4) is 0 Å². The van der Waals surface area contributed by atoms with Crippen molar-refractivity contribution in [2.75, 3.05) is 0 Å². The second-order valence-corrected chi connectivity index (χ2v) is 6.24. The van der Waals surface area contributed by atoms with Gasteiger partial charge in [-0.05, 0) is 18.1 Å². The Morgan fingerprint density at radius 2 is 1.67 bits per heavy atom. The summed E-state index contributed by atoms with van der Waals surface area (Å²) in [5, 5.41) is 3.26. The topological polar surface area (TPSA) is 33.1 Å². The molecule has 4 aromatic rings. The highest BCUT2D eigenvalue weighted by molar-refractivity contribution is 7.71. The number of hydrogen-bond acceptors (Lipinski definition) is 2. The van der Waals surface area contributed by atoms with Gasteiger partial charge >= 0.3 is 0 Å². The SMILES string of the molecule is Cc1nc2c(-c3ccccc3)c[nH]n2c(=S)c1Cc1ccccc1. The molecule has 1 N–H and O–H groups in total. The molecule has 0 aliphatic rings. The van der Waals surface area contributed by atoms with Crippen LogP contribution in [-0.4, -0.2) is 14.6 Å². The van der Waals surface area contributed by atoms with Crippen molar-refractivity contribution in [3.05, 3.63) is 88.3 Å². The first-order chi connectivity index (χ1) is 11.7. The van der Waals surface area contributed by atoms with Crippen molar-refractivity contribution in [3.8, 4) is 11.1 Å². The van der Waals surface area contributed by atoms with Crippen LogP contribution in [0.25, 0.3) is 16.8 Å².